The number of halogens is 3. The molecule has 0 aliphatic heterocycles. The summed E-state index contributed by atoms with van der Waals surface area (Å²) in [4.78, 5) is 10.6. The molecule has 1 heterocycles. The molecule has 4 nitrogen and oxygen atoms in total. The van der Waals surface area contributed by atoms with E-state index in [1.165, 1.54) is 0 Å². The fraction of sp³-hybridized carbons (Fsp3) is 0.667. The number of carboxylic acids is 1. The summed E-state index contributed by atoms with van der Waals surface area (Å²) in [5.74, 6) is -0.396. The lowest BCUT2D eigenvalue weighted by molar-refractivity contribution is -0.139. The maximum Gasteiger partial charge on any atom is 0.445 e. The Morgan fingerprint density at radius 1 is 1.44 bits per heavy atom. The molecule has 1 aromatic heterocycles. The van der Waals surface area contributed by atoms with Crippen LogP contribution in [0.3, 0.4) is 0 Å². The zero-order valence-corrected chi connectivity index (χ0v) is 10.7. The second-order valence-corrected chi connectivity index (χ2v) is 6.43. The van der Waals surface area contributed by atoms with Crippen LogP contribution in [0.25, 0.3) is 0 Å². The largest absolute Gasteiger partial charge is 0.481 e. The average molecular weight is 298 g/mol. The van der Waals surface area contributed by atoms with Gasteiger partial charge in [-0.3, -0.25) is 4.79 Å². The first-order valence-electron chi connectivity index (χ1n) is 5.06. The molecule has 9 heteroatoms. The van der Waals surface area contributed by atoms with Gasteiger partial charge in [0.1, 0.15) is 0 Å². The second kappa shape index (κ2) is 4.69. The molecule has 0 aromatic carbocycles. The van der Waals surface area contributed by atoms with Gasteiger partial charge < -0.3 is 5.11 Å². The van der Waals surface area contributed by atoms with Crippen molar-refractivity contribution in [2.45, 2.75) is 29.8 Å². The van der Waals surface area contributed by atoms with Gasteiger partial charge in [-0.1, -0.05) is 23.1 Å². The van der Waals surface area contributed by atoms with Gasteiger partial charge in [-0.25, -0.2) is 0 Å². The number of carbonyl (C=O) groups is 1. The molecule has 0 bridgehead atoms. The van der Waals surface area contributed by atoms with Crippen molar-refractivity contribution in [1.82, 2.24) is 10.2 Å². The van der Waals surface area contributed by atoms with Gasteiger partial charge in [0.25, 0.3) is 0 Å². The molecule has 100 valence electrons. The Kier molecular flexibility index (Phi) is 3.54. The van der Waals surface area contributed by atoms with Crippen molar-refractivity contribution in [1.29, 1.82) is 0 Å². The van der Waals surface area contributed by atoms with Gasteiger partial charge in [-0.05, 0) is 18.3 Å². The molecular weight excluding hydrogens is 289 g/mol. The standard InChI is InChI=1S/C9H9F3N2O2S2/c10-9(11,12)6-13-14-7(18-6)17-4-8(1-2-8)3-5(15)16/h1-4H2,(H,15,16). The van der Waals surface area contributed by atoms with Gasteiger partial charge in [-0.15, -0.1) is 10.2 Å². The van der Waals surface area contributed by atoms with Crippen molar-refractivity contribution in [3.8, 4) is 0 Å². The van der Waals surface area contributed by atoms with Crippen LogP contribution in [0, 0.1) is 5.41 Å². The van der Waals surface area contributed by atoms with Crippen molar-refractivity contribution < 1.29 is 23.1 Å². The van der Waals surface area contributed by atoms with E-state index in [1.54, 1.807) is 0 Å². The third-order valence-electron chi connectivity index (χ3n) is 2.63. The number of aromatic nitrogens is 2. The van der Waals surface area contributed by atoms with Crippen LogP contribution < -0.4 is 0 Å². The Morgan fingerprint density at radius 3 is 2.56 bits per heavy atom. The van der Waals surface area contributed by atoms with Crippen molar-refractivity contribution in [2.24, 2.45) is 5.41 Å². The number of rotatable bonds is 5. The van der Waals surface area contributed by atoms with Crippen molar-refractivity contribution in [2.75, 3.05) is 5.75 Å². The molecular formula is C9H9F3N2O2S2. The summed E-state index contributed by atoms with van der Waals surface area (Å²) < 4.78 is 37.1. The first-order chi connectivity index (χ1) is 8.31. The summed E-state index contributed by atoms with van der Waals surface area (Å²) in [5, 5.41) is 14.3. The highest BCUT2D eigenvalue weighted by atomic mass is 32.2. The van der Waals surface area contributed by atoms with Gasteiger partial charge in [0.05, 0.1) is 6.42 Å². The van der Waals surface area contributed by atoms with Gasteiger partial charge in [0.15, 0.2) is 4.34 Å². The topological polar surface area (TPSA) is 63.1 Å². The zero-order valence-electron chi connectivity index (χ0n) is 9.03. The molecule has 0 saturated heterocycles. The Labute approximate surface area is 109 Å². The number of hydrogen-bond acceptors (Lipinski definition) is 5. The van der Waals surface area contributed by atoms with E-state index >= 15 is 0 Å². The zero-order chi connectivity index (χ0) is 13.4. The minimum Gasteiger partial charge on any atom is -0.481 e. The van der Waals surface area contributed by atoms with Gasteiger partial charge in [-0.2, -0.15) is 13.2 Å². The number of alkyl halides is 3. The van der Waals surface area contributed by atoms with Crippen LogP contribution in [0.1, 0.15) is 24.3 Å². The molecule has 1 fully saturated rings. The highest BCUT2D eigenvalue weighted by Gasteiger charge is 2.44. The fourth-order valence-corrected chi connectivity index (χ4v) is 3.48. The first kappa shape index (κ1) is 13.6. The van der Waals surface area contributed by atoms with Crippen LogP contribution in [0.15, 0.2) is 4.34 Å². The molecule has 0 spiro atoms. The molecule has 1 aliphatic carbocycles. The van der Waals surface area contributed by atoms with Crippen molar-refractivity contribution in [3.63, 3.8) is 0 Å². The SMILES string of the molecule is O=C(O)CC1(CSc2nnc(C(F)(F)F)s2)CC1. The molecule has 2 rings (SSSR count). The Balaban J connectivity index is 1.91. The quantitative estimate of drug-likeness (QED) is 0.847. The summed E-state index contributed by atoms with van der Waals surface area (Å²) in [6, 6.07) is 0. The summed E-state index contributed by atoms with van der Waals surface area (Å²) in [6.45, 7) is 0. The third-order valence-corrected chi connectivity index (χ3v) is 5.09. The van der Waals surface area contributed by atoms with Crippen LogP contribution >= 0.6 is 23.1 Å². The average Bonchev–Trinajstić information content (AvgIpc) is 2.80. The van der Waals surface area contributed by atoms with Crippen LogP contribution in [-0.2, 0) is 11.0 Å². The number of carboxylic acid groups (broad SMARTS) is 1. The lowest BCUT2D eigenvalue weighted by atomic mass is 10.1. The summed E-state index contributed by atoms with van der Waals surface area (Å²) in [7, 11) is 0. The Morgan fingerprint density at radius 2 is 2.11 bits per heavy atom. The number of thioether (sulfide) groups is 1. The van der Waals surface area contributed by atoms with E-state index in [4.69, 9.17) is 5.11 Å². The highest BCUT2D eigenvalue weighted by Crippen LogP contribution is 2.52. The first-order valence-corrected chi connectivity index (χ1v) is 6.86. The number of hydrogen-bond donors (Lipinski definition) is 1. The molecule has 1 aromatic rings. The molecule has 0 atom stereocenters. The number of aliphatic carboxylic acids is 1. The van der Waals surface area contributed by atoms with Crippen molar-refractivity contribution in [3.05, 3.63) is 5.01 Å². The van der Waals surface area contributed by atoms with Gasteiger partial charge >= 0.3 is 12.1 Å². The van der Waals surface area contributed by atoms with Crippen LogP contribution in [0.2, 0.25) is 0 Å². The lowest BCUT2D eigenvalue weighted by Gasteiger charge is -2.09. The Bertz CT molecular complexity index is 457. The molecule has 0 radical (unpaired) electrons. The van der Waals surface area contributed by atoms with E-state index in [0.717, 1.165) is 24.6 Å². The summed E-state index contributed by atoms with van der Waals surface area (Å²) >= 11 is 1.65. The van der Waals surface area contributed by atoms with E-state index in [-0.39, 0.29) is 16.2 Å². The third kappa shape index (κ3) is 3.35. The molecule has 0 amide bonds. The lowest BCUT2D eigenvalue weighted by Crippen LogP contribution is -2.10. The predicted octanol–water partition coefficient (Wildman–Crippen LogP) is 2.90. The monoisotopic (exact) mass is 298 g/mol. The van der Waals surface area contributed by atoms with Gasteiger partial charge in [0.2, 0.25) is 5.01 Å². The predicted molar refractivity (Wildman–Crippen MR) is 59.6 cm³/mol. The fourth-order valence-electron chi connectivity index (χ4n) is 1.47. The maximum atomic E-state index is 12.3. The van der Waals surface area contributed by atoms with Gasteiger partial charge in [0, 0.05) is 5.75 Å². The second-order valence-electron chi connectivity index (χ2n) is 4.23. The highest BCUT2D eigenvalue weighted by molar-refractivity contribution is 8.01. The minimum atomic E-state index is -4.46. The molecule has 1 N–H and O–H groups in total. The van der Waals surface area contributed by atoms with Crippen LogP contribution in [0.4, 0.5) is 13.2 Å². The van der Waals surface area contributed by atoms with E-state index in [2.05, 4.69) is 10.2 Å². The van der Waals surface area contributed by atoms with E-state index in [1.807, 2.05) is 0 Å². The van der Waals surface area contributed by atoms with E-state index in [0.29, 0.717) is 17.1 Å². The molecule has 18 heavy (non-hydrogen) atoms. The number of nitrogens with zero attached hydrogens (tertiary/aromatic N) is 2. The molecule has 1 saturated carbocycles. The normalized spacial score (nSPS) is 17.7. The smallest absolute Gasteiger partial charge is 0.445 e. The van der Waals surface area contributed by atoms with Crippen LogP contribution in [-0.4, -0.2) is 27.0 Å². The van der Waals surface area contributed by atoms with E-state index in [9.17, 15) is 18.0 Å². The van der Waals surface area contributed by atoms with Crippen LogP contribution in [0.5, 0.6) is 0 Å². The summed E-state index contributed by atoms with van der Waals surface area (Å²) in [5.41, 5.74) is -0.263. The molecule has 0 unspecified atom stereocenters. The maximum absolute atomic E-state index is 12.3. The molecule has 1 aliphatic rings. The minimum absolute atomic E-state index is 0.0604. The van der Waals surface area contributed by atoms with Crippen molar-refractivity contribution >= 4 is 29.1 Å². The Hall–Kier alpha value is -0.830. The summed E-state index contributed by atoms with van der Waals surface area (Å²) in [6.07, 6.45) is -2.80. The van der Waals surface area contributed by atoms with E-state index < -0.39 is 17.2 Å².